The van der Waals surface area contributed by atoms with E-state index >= 15 is 0 Å². The fourth-order valence-corrected chi connectivity index (χ4v) is 2.14. The molecule has 3 N–H and O–H groups in total. The van der Waals surface area contributed by atoms with E-state index in [2.05, 4.69) is 4.98 Å². The number of aliphatic hydroxyl groups is 2. The summed E-state index contributed by atoms with van der Waals surface area (Å²) in [5.74, 6) is -0.537. The minimum atomic E-state index is -1.01. The number of aliphatic hydroxyl groups excluding tert-OH is 2. The second kappa shape index (κ2) is 5.03. The highest BCUT2D eigenvalue weighted by Gasteiger charge is 2.31. The molecule has 0 radical (unpaired) electrons. The van der Waals surface area contributed by atoms with Crippen LogP contribution in [-0.2, 0) is 5.41 Å². The topological polar surface area (TPSA) is 93.9 Å². The minimum absolute atomic E-state index is 0.163. The number of aromatic nitrogens is 1. The van der Waals surface area contributed by atoms with Crippen LogP contribution in [0.25, 0.3) is 0 Å². The van der Waals surface area contributed by atoms with Gasteiger partial charge in [0.2, 0.25) is 0 Å². The van der Waals surface area contributed by atoms with Crippen molar-refractivity contribution in [2.24, 2.45) is 0 Å². The van der Waals surface area contributed by atoms with Crippen LogP contribution in [0.1, 0.15) is 36.8 Å². The van der Waals surface area contributed by atoms with Gasteiger partial charge < -0.3 is 20.2 Å². The van der Waals surface area contributed by atoms with Crippen LogP contribution in [0.2, 0.25) is 0 Å². The van der Waals surface area contributed by atoms with E-state index in [4.69, 9.17) is 0 Å². The van der Waals surface area contributed by atoms with Crippen LogP contribution in [0.15, 0.2) is 12.1 Å². The average molecular weight is 280 g/mol. The van der Waals surface area contributed by atoms with Crippen LogP contribution in [0, 0.1) is 0 Å². The second-order valence-electron chi connectivity index (χ2n) is 6.19. The fourth-order valence-electron chi connectivity index (χ4n) is 2.14. The monoisotopic (exact) mass is 280 g/mol. The Bertz CT molecular complexity index is 514. The Labute approximate surface area is 117 Å². The number of carboxylic acids is 1. The molecule has 110 valence electrons. The summed E-state index contributed by atoms with van der Waals surface area (Å²) in [5.41, 5.74) is 0.552. The van der Waals surface area contributed by atoms with Crippen LogP contribution >= 0.6 is 0 Å². The molecule has 2 heterocycles. The van der Waals surface area contributed by atoms with Gasteiger partial charge >= 0.3 is 5.97 Å². The first-order valence-corrected chi connectivity index (χ1v) is 6.55. The molecule has 0 amide bonds. The standard InChI is InChI=1S/C14H20N2O4/c1-14(2,3)11-4-8(13(19)20)5-12(15-11)16-6-9(17)10(18)7-16/h4-5,9-10,17-18H,6-7H2,1-3H3,(H,19,20). The number of anilines is 1. The average Bonchev–Trinajstić information content (AvgIpc) is 2.68. The van der Waals surface area contributed by atoms with Crippen LogP contribution < -0.4 is 4.90 Å². The molecular weight excluding hydrogens is 260 g/mol. The normalized spacial score (nSPS) is 23.1. The predicted molar refractivity (Wildman–Crippen MR) is 74.1 cm³/mol. The van der Waals surface area contributed by atoms with Gasteiger partial charge in [-0.2, -0.15) is 0 Å². The summed E-state index contributed by atoms with van der Waals surface area (Å²) in [5, 5.41) is 28.4. The lowest BCUT2D eigenvalue weighted by Gasteiger charge is -2.23. The minimum Gasteiger partial charge on any atom is -0.478 e. The highest BCUT2D eigenvalue weighted by atomic mass is 16.4. The molecule has 1 aliphatic heterocycles. The zero-order valence-electron chi connectivity index (χ0n) is 11.9. The molecular formula is C14H20N2O4. The van der Waals surface area contributed by atoms with Gasteiger partial charge in [-0.25, -0.2) is 9.78 Å². The van der Waals surface area contributed by atoms with E-state index in [-0.39, 0.29) is 24.1 Å². The summed E-state index contributed by atoms with van der Waals surface area (Å²) in [4.78, 5) is 17.4. The molecule has 2 rings (SSSR count). The quantitative estimate of drug-likeness (QED) is 0.735. The number of rotatable bonds is 2. The van der Waals surface area contributed by atoms with Crippen molar-refractivity contribution in [3.05, 3.63) is 23.4 Å². The van der Waals surface area contributed by atoms with Crippen molar-refractivity contribution >= 4 is 11.8 Å². The van der Waals surface area contributed by atoms with Gasteiger partial charge in [0.1, 0.15) is 5.82 Å². The van der Waals surface area contributed by atoms with Crippen molar-refractivity contribution in [2.45, 2.75) is 38.4 Å². The smallest absolute Gasteiger partial charge is 0.335 e. The zero-order chi connectivity index (χ0) is 15.1. The van der Waals surface area contributed by atoms with Crippen molar-refractivity contribution in [2.75, 3.05) is 18.0 Å². The van der Waals surface area contributed by atoms with Gasteiger partial charge in [0.05, 0.1) is 17.8 Å². The molecule has 20 heavy (non-hydrogen) atoms. The number of β-amino-alcohol motifs (C(OH)–C–C–N with tert-alkyl or cyclic N) is 2. The number of nitrogens with zero attached hydrogens (tertiary/aromatic N) is 2. The Hall–Kier alpha value is -1.66. The van der Waals surface area contributed by atoms with Gasteiger partial charge in [0.15, 0.2) is 0 Å². The molecule has 1 aromatic rings. The first kappa shape index (κ1) is 14.7. The molecule has 0 aliphatic carbocycles. The molecule has 6 nitrogen and oxygen atoms in total. The maximum absolute atomic E-state index is 11.2. The molecule has 1 saturated heterocycles. The van der Waals surface area contributed by atoms with E-state index in [9.17, 15) is 20.1 Å². The number of carboxylic acid groups (broad SMARTS) is 1. The van der Waals surface area contributed by atoms with Crippen LogP contribution in [0.4, 0.5) is 5.82 Å². The first-order valence-electron chi connectivity index (χ1n) is 6.55. The summed E-state index contributed by atoms with van der Waals surface area (Å²) in [6.07, 6.45) is -1.66. The molecule has 0 aromatic carbocycles. The van der Waals surface area contributed by atoms with Crippen molar-refractivity contribution < 1.29 is 20.1 Å². The molecule has 1 aromatic heterocycles. The van der Waals surface area contributed by atoms with E-state index in [1.165, 1.54) is 6.07 Å². The lowest BCUT2D eigenvalue weighted by Crippen LogP contribution is -2.25. The van der Waals surface area contributed by atoms with Crippen molar-refractivity contribution in [1.29, 1.82) is 0 Å². The van der Waals surface area contributed by atoms with Gasteiger partial charge in [-0.1, -0.05) is 20.8 Å². The number of carbonyl (C=O) groups is 1. The maximum atomic E-state index is 11.2. The van der Waals surface area contributed by atoms with Gasteiger partial charge in [0.25, 0.3) is 0 Å². The van der Waals surface area contributed by atoms with Gasteiger partial charge in [-0.15, -0.1) is 0 Å². The van der Waals surface area contributed by atoms with Gasteiger partial charge in [-0.05, 0) is 12.1 Å². The third-order valence-corrected chi connectivity index (χ3v) is 3.41. The third kappa shape index (κ3) is 2.91. The number of hydrogen-bond donors (Lipinski definition) is 3. The molecule has 0 saturated carbocycles. The van der Waals surface area contributed by atoms with Gasteiger partial charge in [-0.3, -0.25) is 0 Å². The Balaban J connectivity index is 2.43. The summed E-state index contributed by atoms with van der Waals surface area (Å²) < 4.78 is 0. The van der Waals surface area contributed by atoms with Crippen LogP contribution in [0.5, 0.6) is 0 Å². The molecule has 6 heteroatoms. The Kier molecular flexibility index (Phi) is 3.71. The van der Waals surface area contributed by atoms with Crippen molar-refractivity contribution in [1.82, 2.24) is 4.98 Å². The fraction of sp³-hybridized carbons (Fsp3) is 0.571. The lowest BCUT2D eigenvalue weighted by atomic mass is 9.90. The van der Waals surface area contributed by atoms with Crippen molar-refractivity contribution in [3.63, 3.8) is 0 Å². The largest absolute Gasteiger partial charge is 0.478 e. The molecule has 1 fully saturated rings. The number of pyridine rings is 1. The van der Waals surface area contributed by atoms with Crippen molar-refractivity contribution in [3.8, 4) is 0 Å². The lowest BCUT2D eigenvalue weighted by molar-refractivity contribution is 0.0572. The summed E-state index contributed by atoms with van der Waals surface area (Å²) in [6.45, 7) is 6.37. The summed E-state index contributed by atoms with van der Waals surface area (Å²) in [6, 6.07) is 3.04. The van der Waals surface area contributed by atoms with E-state index < -0.39 is 18.2 Å². The Morgan fingerprint density at radius 3 is 2.25 bits per heavy atom. The van der Waals surface area contributed by atoms with E-state index in [0.29, 0.717) is 11.5 Å². The highest BCUT2D eigenvalue weighted by molar-refractivity contribution is 5.88. The first-order chi connectivity index (χ1) is 9.18. The highest BCUT2D eigenvalue weighted by Crippen LogP contribution is 2.26. The Morgan fingerprint density at radius 2 is 1.80 bits per heavy atom. The zero-order valence-corrected chi connectivity index (χ0v) is 11.9. The second-order valence-corrected chi connectivity index (χ2v) is 6.19. The summed E-state index contributed by atoms with van der Waals surface area (Å²) >= 11 is 0. The third-order valence-electron chi connectivity index (χ3n) is 3.41. The van der Waals surface area contributed by atoms with Gasteiger partial charge in [0, 0.05) is 24.2 Å². The predicted octanol–water partition coefficient (Wildman–Crippen LogP) is 0.619. The molecule has 2 unspecified atom stereocenters. The SMILES string of the molecule is CC(C)(C)c1cc(C(=O)O)cc(N2CC(O)C(O)C2)n1. The van der Waals surface area contributed by atoms with E-state index in [0.717, 1.165) is 0 Å². The van der Waals surface area contributed by atoms with E-state index in [1.807, 2.05) is 20.8 Å². The number of aromatic carboxylic acids is 1. The van der Waals surface area contributed by atoms with E-state index in [1.54, 1.807) is 11.0 Å². The molecule has 0 spiro atoms. The van der Waals surface area contributed by atoms with Crippen LogP contribution in [0.3, 0.4) is 0 Å². The molecule has 2 atom stereocenters. The Morgan fingerprint density at radius 1 is 1.25 bits per heavy atom. The summed E-state index contributed by atoms with van der Waals surface area (Å²) in [7, 11) is 0. The molecule has 1 aliphatic rings. The van der Waals surface area contributed by atoms with Crippen LogP contribution in [-0.4, -0.2) is 51.6 Å². The molecule has 0 bridgehead atoms. The number of hydrogen-bond acceptors (Lipinski definition) is 5. The maximum Gasteiger partial charge on any atom is 0.335 e.